The molecule has 1 saturated heterocycles. The second-order valence-electron chi connectivity index (χ2n) is 6.65. The first-order chi connectivity index (χ1) is 12.7. The van der Waals surface area contributed by atoms with E-state index in [1.165, 1.54) is 10.9 Å². The maximum Gasteiger partial charge on any atom is 0.240 e. The average Bonchev–Trinajstić information content (AvgIpc) is 3.28. The first-order valence-electron chi connectivity index (χ1n) is 8.81. The molecule has 1 atom stereocenters. The lowest BCUT2D eigenvalue weighted by atomic mass is 10.1. The van der Waals surface area contributed by atoms with E-state index in [9.17, 15) is 4.79 Å². The normalized spacial score (nSPS) is 17.0. The molecule has 26 heavy (non-hydrogen) atoms. The fourth-order valence-electron chi connectivity index (χ4n) is 3.53. The molecule has 1 fully saturated rings. The number of rotatable bonds is 5. The van der Waals surface area contributed by atoms with E-state index in [0.717, 1.165) is 24.0 Å². The quantitative estimate of drug-likeness (QED) is 0.747. The number of aromatic nitrogens is 1. The highest BCUT2D eigenvalue weighted by Crippen LogP contribution is 2.19. The number of hydrogen-bond donors (Lipinski definition) is 2. The summed E-state index contributed by atoms with van der Waals surface area (Å²) in [7, 11) is 0. The zero-order valence-corrected chi connectivity index (χ0v) is 14.4. The van der Waals surface area contributed by atoms with Gasteiger partial charge in [-0.05, 0) is 41.8 Å². The number of nitrogens with zero attached hydrogens (tertiary/aromatic N) is 2. The Morgan fingerprint density at radius 1 is 1.19 bits per heavy atom. The summed E-state index contributed by atoms with van der Waals surface area (Å²) in [5, 5.41) is 13.5. The molecule has 3 aromatic rings. The van der Waals surface area contributed by atoms with Crippen LogP contribution in [-0.4, -0.2) is 28.4 Å². The summed E-state index contributed by atoms with van der Waals surface area (Å²) in [6.07, 6.45) is 2.76. The van der Waals surface area contributed by atoms with Crippen molar-refractivity contribution in [3.05, 3.63) is 71.4 Å². The average molecular weight is 344 g/mol. The largest absolute Gasteiger partial charge is 0.361 e. The highest BCUT2D eigenvalue weighted by Gasteiger charge is 2.31. The van der Waals surface area contributed by atoms with Crippen LogP contribution in [0.1, 0.15) is 23.1 Å². The van der Waals surface area contributed by atoms with Crippen molar-refractivity contribution < 1.29 is 4.79 Å². The van der Waals surface area contributed by atoms with Gasteiger partial charge in [-0.25, -0.2) is 0 Å². The van der Waals surface area contributed by atoms with E-state index in [4.69, 9.17) is 5.26 Å². The summed E-state index contributed by atoms with van der Waals surface area (Å²) in [6, 6.07) is 17.6. The lowest BCUT2D eigenvalue weighted by Gasteiger charge is -2.17. The molecule has 1 aliphatic rings. The SMILES string of the molecule is N#Cc1ccc(CN2CCC(NCc3cccc4[nH]ccc34)C2=O)cc1. The summed E-state index contributed by atoms with van der Waals surface area (Å²) in [4.78, 5) is 17.8. The Balaban J connectivity index is 1.38. The van der Waals surface area contributed by atoms with Crippen molar-refractivity contribution in [3.63, 3.8) is 0 Å². The van der Waals surface area contributed by atoms with Crippen LogP contribution in [0.25, 0.3) is 10.9 Å². The van der Waals surface area contributed by atoms with Gasteiger partial charge in [-0.2, -0.15) is 5.26 Å². The van der Waals surface area contributed by atoms with Gasteiger partial charge in [0.25, 0.3) is 0 Å². The fraction of sp³-hybridized carbons (Fsp3) is 0.238. The molecular weight excluding hydrogens is 324 g/mol. The van der Waals surface area contributed by atoms with Gasteiger partial charge in [0.1, 0.15) is 0 Å². The van der Waals surface area contributed by atoms with E-state index in [-0.39, 0.29) is 11.9 Å². The third kappa shape index (κ3) is 3.19. The standard InChI is InChI=1S/C21H20N4O/c22-12-15-4-6-16(7-5-15)14-25-11-9-20(21(25)26)24-13-17-2-1-3-19-18(17)8-10-23-19/h1-8,10,20,23-24H,9,11,13-14H2. The Kier molecular flexibility index (Phi) is 4.42. The van der Waals surface area contributed by atoms with Crippen molar-refractivity contribution >= 4 is 16.8 Å². The number of carbonyl (C=O) groups excluding carboxylic acids is 1. The Labute approximate surface area is 152 Å². The lowest BCUT2D eigenvalue weighted by Crippen LogP contribution is -2.37. The zero-order chi connectivity index (χ0) is 17.9. The van der Waals surface area contributed by atoms with E-state index in [2.05, 4.69) is 34.6 Å². The molecule has 2 heterocycles. The van der Waals surface area contributed by atoms with Crippen molar-refractivity contribution in [2.24, 2.45) is 0 Å². The van der Waals surface area contributed by atoms with Crippen LogP contribution in [0.4, 0.5) is 0 Å². The fourth-order valence-corrected chi connectivity index (χ4v) is 3.53. The minimum atomic E-state index is -0.137. The Bertz CT molecular complexity index is 968. The number of hydrogen-bond acceptors (Lipinski definition) is 3. The molecule has 1 unspecified atom stereocenters. The molecule has 0 radical (unpaired) electrons. The maximum atomic E-state index is 12.7. The van der Waals surface area contributed by atoms with Crippen LogP contribution >= 0.6 is 0 Å². The minimum absolute atomic E-state index is 0.137. The highest BCUT2D eigenvalue weighted by molar-refractivity contribution is 5.85. The summed E-state index contributed by atoms with van der Waals surface area (Å²) in [6.45, 7) is 2.03. The molecular formula is C21H20N4O. The summed E-state index contributed by atoms with van der Waals surface area (Å²) < 4.78 is 0. The number of aromatic amines is 1. The Morgan fingerprint density at radius 3 is 2.85 bits per heavy atom. The number of fused-ring (bicyclic) bond motifs is 1. The van der Waals surface area contributed by atoms with E-state index >= 15 is 0 Å². The maximum absolute atomic E-state index is 12.7. The monoisotopic (exact) mass is 344 g/mol. The first-order valence-corrected chi connectivity index (χ1v) is 8.81. The summed E-state index contributed by atoms with van der Waals surface area (Å²) >= 11 is 0. The summed E-state index contributed by atoms with van der Waals surface area (Å²) in [5.74, 6) is 0.149. The first kappa shape index (κ1) is 16.4. The van der Waals surface area contributed by atoms with E-state index in [1.807, 2.05) is 29.3 Å². The topological polar surface area (TPSA) is 71.9 Å². The molecule has 2 aromatic carbocycles. The molecule has 2 N–H and O–H groups in total. The number of benzene rings is 2. The number of likely N-dealkylation sites (tertiary alicyclic amines) is 1. The van der Waals surface area contributed by atoms with Crippen molar-refractivity contribution in [3.8, 4) is 6.07 Å². The number of H-pyrrole nitrogens is 1. The Morgan fingerprint density at radius 2 is 2.04 bits per heavy atom. The third-order valence-corrected chi connectivity index (χ3v) is 4.98. The minimum Gasteiger partial charge on any atom is -0.361 e. The molecule has 1 amide bonds. The van der Waals surface area contributed by atoms with Gasteiger partial charge in [0.15, 0.2) is 0 Å². The molecule has 1 aromatic heterocycles. The van der Waals surface area contributed by atoms with E-state index in [1.54, 1.807) is 12.1 Å². The van der Waals surface area contributed by atoms with Crippen molar-refractivity contribution in [2.45, 2.75) is 25.6 Å². The van der Waals surface area contributed by atoms with Gasteiger partial charge >= 0.3 is 0 Å². The predicted molar refractivity (Wildman–Crippen MR) is 100 cm³/mol. The molecule has 5 heteroatoms. The number of nitrogens with one attached hydrogen (secondary N) is 2. The van der Waals surface area contributed by atoms with Gasteiger partial charge in [-0.1, -0.05) is 24.3 Å². The van der Waals surface area contributed by atoms with Crippen molar-refractivity contribution in [2.75, 3.05) is 6.54 Å². The van der Waals surface area contributed by atoms with Gasteiger partial charge in [0.2, 0.25) is 5.91 Å². The number of carbonyl (C=O) groups is 1. The van der Waals surface area contributed by atoms with Crippen LogP contribution in [0, 0.1) is 11.3 Å². The van der Waals surface area contributed by atoms with Gasteiger partial charge < -0.3 is 15.2 Å². The van der Waals surface area contributed by atoms with Crippen molar-refractivity contribution in [1.29, 1.82) is 5.26 Å². The molecule has 130 valence electrons. The highest BCUT2D eigenvalue weighted by atomic mass is 16.2. The van der Waals surface area contributed by atoms with Gasteiger partial charge in [0, 0.05) is 36.7 Å². The molecule has 0 spiro atoms. The number of amides is 1. The molecule has 1 aliphatic heterocycles. The van der Waals surface area contributed by atoms with Crippen molar-refractivity contribution in [1.82, 2.24) is 15.2 Å². The van der Waals surface area contributed by atoms with Crippen LogP contribution in [0.2, 0.25) is 0 Å². The second-order valence-corrected chi connectivity index (χ2v) is 6.65. The molecule has 0 saturated carbocycles. The van der Waals surface area contributed by atoms with Crippen LogP contribution in [0.5, 0.6) is 0 Å². The Hall–Kier alpha value is -3.10. The van der Waals surface area contributed by atoms with E-state index in [0.29, 0.717) is 18.7 Å². The van der Waals surface area contributed by atoms with Crippen LogP contribution in [0.15, 0.2) is 54.7 Å². The van der Waals surface area contributed by atoms with Crippen LogP contribution in [0.3, 0.4) is 0 Å². The lowest BCUT2D eigenvalue weighted by molar-refractivity contribution is -0.129. The van der Waals surface area contributed by atoms with Crippen LogP contribution in [-0.2, 0) is 17.9 Å². The van der Waals surface area contributed by atoms with E-state index < -0.39 is 0 Å². The molecule has 4 rings (SSSR count). The smallest absolute Gasteiger partial charge is 0.240 e. The predicted octanol–water partition coefficient (Wildman–Crippen LogP) is 2.93. The molecule has 0 aliphatic carbocycles. The third-order valence-electron chi connectivity index (χ3n) is 4.98. The zero-order valence-electron chi connectivity index (χ0n) is 14.4. The van der Waals surface area contributed by atoms with Crippen LogP contribution < -0.4 is 5.32 Å². The molecule has 5 nitrogen and oxygen atoms in total. The van der Waals surface area contributed by atoms with Gasteiger partial charge in [0.05, 0.1) is 17.7 Å². The van der Waals surface area contributed by atoms with Gasteiger partial charge in [-0.3, -0.25) is 4.79 Å². The molecule has 0 bridgehead atoms. The summed E-state index contributed by atoms with van der Waals surface area (Å²) in [5.41, 5.74) is 4.00. The number of nitriles is 1. The van der Waals surface area contributed by atoms with Gasteiger partial charge in [-0.15, -0.1) is 0 Å². The second kappa shape index (κ2) is 7.03.